The van der Waals surface area contributed by atoms with Gasteiger partial charge in [0.25, 0.3) is 0 Å². The molecule has 0 bridgehead atoms. The Balaban J connectivity index is 2.53. The molecule has 0 aliphatic carbocycles. The number of hydrogen-bond donors (Lipinski definition) is 1. The highest BCUT2D eigenvalue weighted by Crippen LogP contribution is 2.14. The summed E-state index contributed by atoms with van der Waals surface area (Å²) in [5.74, 6) is 0. The van der Waals surface area contributed by atoms with Gasteiger partial charge in [0.1, 0.15) is 13.6 Å². The standard InChI is InChI=1S/C10H13N2/c1-12-5-4-8-2-3-10(11)6-9(8)7-12/h2-3,6-7H,4-5,11H2,1H3/q+1. The van der Waals surface area contributed by atoms with Gasteiger partial charge in [0.15, 0.2) is 6.21 Å². The van der Waals surface area contributed by atoms with Crippen LogP contribution in [0.5, 0.6) is 0 Å². The molecule has 0 saturated carbocycles. The van der Waals surface area contributed by atoms with Gasteiger partial charge in [-0.1, -0.05) is 6.07 Å². The van der Waals surface area contributed by atoms with Crippen LogP contribution >= 0.6 is 0 Å². The van der Waals surface area contributed by atoms with Crippen molar-refractivity contribution in [3.8, 4) is 0 Å². The zero-order valence-corrected chi connectivity index (χ0v) is 7.25. The van der Waals surface area contributed by atoms with Crippen molar-refractivity contribution in [1.82, 2.24) is 0 Å². The molecule has 1 aliphatic heterocycles. The van der Waals surface area contributed by atoms with Crippen molar-refractivity contribution >= 4 is 11.9 Å². The normalized spacial score (nSPS) is 15.2. The minimum atomic E-state index is 0.848. The highest BCUT2D eigenvalue weighted by Gasteiger charge is 2.11. The largest absolute Gasteiger partial charge is 0.399 e. The second-order valence-corrected chi connectivity index (χ2v) is 3.32. The van der Waals surface area contributed by atoms with Crippen LogP contribution in [0.15, 0.2) is 18.2 Å². The van der Waals surface area contributed by atoms with Gasteiger partial charge in [0, 0.05) is 17.7 Å². The van der Waals surface area contributed by atoms with Crippen molar-refractivity contribution in [1.29, 1.82) is 0 Å². The molecule has 0 spiro atoms. The number of nitrogens with two attached hydrogens (primary N) is 1. The van der Waals surface area contributed by atoms with Crippen LogP contribution in [0.25, 0.3) is 0 Å². The van der Waals surface area contributed by atoms with Crippen LogP contribution in [-0.2, 0) is 6.42 Å². The second kappa shape index (κ2) is 2.63. The molecule has 0 unspecified atom stereocenters. The van der Waals surface area contributed by atoms with Crippen LogP contribution in [0.3, 0.4) is 0 Å². The minimum absolute atomic E-state index is 0.848. The Morgan fingerprint density at radius 3 is 3.08 bits per heavy atom. The van der Waals surface area contributed by atoms with Crippen LogP contribution in [0.2, 0.25) is 0 Å². The lowest BCUT2D eigenvalue weighted by atomic mass is 10.0. The van der Waals surface area contributed by atoms with E-state index in [0.29, 0.717) is 0 Å². The summed E-state index contributed by atoms with van der Waals surface area (Å²) < 4.78 is 2.20. The molecule has 0 fully saturated rings. The first-order chi connectivity index (χ1) is 5.75. The summed E-state index contributed by atoms with van der Waals surface area (Å²) in [5.41, 5.74) is 9.21. The van der Waals surface area contributed by atoms with E-state index in [0.717, 1.165) is 18.7 Å². The Hall–Kier alpha value is -1.31. The fourth-order valence-corrected chi connectivity index (χ4v) is 1.56. The maximum atomic E-state index is 5.69. The molecule has 0 radical (unpaired) electrons. The minimum Gasteiger partial charge on any atom is -0.399 e. The number of nitrogen functional groups attached to an aromatic ring is 1. The molecule has 62 valence electrons. The number of hydrogen-bond acceptors (Lipinski definition) is 1. The number of rotatable bonds is 0. The van der Waals surface area contributed by atoms with E-state index < -0.39 is 0 Å². The number of fused-ring (bicyclic) bond motifs is 1. The van der Waals surface area contributed by atoms with Crippen molar-refractivity contribution < 1.29 is 4.58 Å². The molecule has 2 heteroatoms. The molecule has 1 aliphatic rings. The average molecular weight is 161 g/mol. The molecule has 2 rings (SSSR count). The fourth-order valence-electron chi connectivity index (χ4n) is 1.56. The van der Waals surface area contributed by atoms with Gasteiger partial charge in [0.05, 0.1) is 0 Å². The van der Waals surface area contributed by atoms with Gasteiger partial charge < -0.3 is 5.73 Å². The molecule has 1 heterocycles. The van der Waals surface area contributed by atoms with E-state index in [9.17, 15) is 0 Å². The Morgan fingerprint density at radius 2 is 2.25 bits per heavy atom. The van der Waals surface area contributed by atoms with E-state index in [-0.39, 0.29) is 0 Å². The van der Waals surface area contributed by atoms with Gasteiger partial charge in [-0.25, -0.2) is 4.58 Å². The van der Waals surface area contributed by atoms with Crippen molar-refractivity contribution in [3.05, 3.63) is 29.3 Å². The van der Waals surface area contributed by atoms with E-state index in [1.165, 1.54) is 11.1 Å². The maximum Gasteiger partial charge on any atom is 0.170 e. The summed E-state index contributed by atoms with van der Waals surface area (Å²) in [6.07, 6.45) is 3.28. The van der Waals surface area contributed by atoms with Gasteiger partial charge >= 0.3 is 0 Å². The van der Waals surface area contributed by atoms with Crippen LogP contribution < -0.4 is 5.73 Å². The smallest absolute Gasteiger partial charge is 0.170 e. The highest BCUT2D eigenvalue weighted by atomic mass is 15.0. The predicted octanol–water partition coefficient (Wildman–Crippen LogP) is 0.886. The number of benzene rings is 1. The van der Waals surface area contributed by atoms with E-state index in [4.69, 9.17) is 5.73 Å². The third-order valence-electron chi connectivity index (χ3n) is 2.26. The molecular weight excluding hydrogens is 148 g/mol. The first kappa shape index (κ1) is 7.35. The summed E-state index contributed by atoms with van der Waals surface area (Å²) in [6.45, 7) is 1.11. The van der Waals surface area contributed by atoms with E-state index in [2.05, 4.69) is 23.9 Å². The quantitative estimate of drug-likeness (QED) is 0.444. The molecule has 0 saturated heterocycles. The lowest BCUT2D eigenvalue weighted by Crippen LogP contribution is -2.18. The second-order valence-electron chi connectivity index (χ2n) is 3.32. The topological polar surface area (TPSA) is 29.0 Å². The summed E-state index contributed by atoms with van der Waals surface area (Å²) >= 11 is 0. The predicted molar refractivity (Wildman–Crippen MR) is 50.8 cm³/mol. The Kier molecular flexibility index (Phi) is 1.61. The summed E-state index contributed by atoms with van der Waals surface area (Å²) in [5, 5.41) is 0. The van der Waals surface area contributed by atoms with Gasteiger partial charge in [-0.15, -0.1) is 0 Å². The lowest BCUT2D eigenvalue weighted by Gasteiger charge is -2.09. The summed E-state index contributed by atoms with van der Waals surface area (Å²) in [7, 11) is 2.09. The molecule has 0 atom stereocenters. The van der Waals surface area contributed by atoms with Gasteiger partial charge in [-0.2, -0.15) is 0 Å². The highest BCUT2D eigenvalue weighted by molar-refractivity contribution is 5.80. The van der Waals surface area contributed by atoms with Crippen molar-refractivity contribution in [2.45, 2.75) is 6.42 Å². The first-order valence-electron chi connectivity index (χ1n) is 4.19. The maximum absolute atomic E-state index is 5.69. The van der Waals surface area contributed by atoms with E-state index >= 15 is 0 Å². The molecule has 0 aromatic heterocycles. The summed E-state index contributed by atoms with van der Waals surface area (Å²) in [4.78, 5) is 0. The molecule has 12 heavy (non-hydrogen) atoms. The molecular formula is C10H13N2+. The number of likely N-dealkylation sites (N-methyl/N-ethyl adjacent to an activating group) is 1. The van der Waals surface area contributed by atoms with Gasteiger partial charge in [-0.3, -0.25) is 0 Å². The molecule has 1 aromatic carbocycles. The molecule has 2 nitrogen and oxygen atoms in total. The van der Waals surface area contributed by atoms with Crippen LogP contribution in [0.1, 0.15) is 11.1 Å². The van der Waals surface area contributed by atoms with Crippen molar-refractivity contribution in [2.24, 2.45) is 0 Å². The Bertz CT molecular complexity index is 340. The van der Waals surface area contributed by atoms with E-state index in [1.54, 1.807) is 0 Å². The third-order valence-corrected chi connectivity index (χ3v) is 2.26. The van der Waals surface area contributed by atoms with Crippen molar-refractivity contribution in [3.63, 3.8) is 0 Å². The van der Waals surface area contributed by atoms with Crippen LogP contribution in [0, 0.1) is 0 Å². The van der Waals surface area contributed by atoms with E-state index in [1.807, 2.05) is 12.1 Å². The third kappa shape index (κ3) is 1.20. The number of anilines is 1. The molecule has 0 amide bonds. The molecule has 1 aromatic rings. The fraction of sp³-hybridized carbons (Fsp3) is 0.300. The lowest BCUT2D eigenvalue weighted by molar-refractivity contribution is -0.493. The average Bonchev–Trinajstić information content (AvgIpc) is 2.03. The zero-order chi connectivity index (χ0) is 8.55. The zero-order valence-electron chi connectivity index (χ0n) is 7.25. The van der Waals surface area contributed by atoms with Crippen molar-refractivity contribution in [2.75, 3.05) is 19.3 Å². The van der Waals surface area contributed by atoms with Crippen LogP contribution in [-0.4, -0.2) is 24.4 Å². The Labute approximate surface area is 72.3 Å². The van der Waals surface area contributed by atoms with Gasteiger partial charge in [-0.05, 0) is 17.7 Å². The monoisotopic (exact) mass is 161 g/mol. The first-order valence-corrected chi connectivity index (χ1v) is 4.19. The summed E-state index contributed by atoms with van der Waals surface area (Å²) in [6, 6.07) is 6.12. The van der Waals surface area contributed by atoms with Crippen LogP contribution in [0.4, 0.5) is 5.69 Å². The van der Waals surface area contributed by atoms with Gasteiger partial charge in [0.2, 0.25) is 0 Å². The number of nitrogens with zero attached hydrogens (tertiary/aromatic N) is 1. The Morgan fingerprint density at radius 1 is 1.42 bits per heavy atom. The molecule has 2 N–H and O–H groups in total. The SMILES string of the molecule is C[N+]1=Cc2cc(N)ccc2CC1.